The van der Waals surface area contributed by atoms with Crippen LogP contribution in [0.1, 0.15) is 37.8 Å². The summed E-state index contributed by atoms with van der Waals surface area (Å²) in [6.45, 7) is 11.9. The number of aryl methyl sites for hydroxylation is 1. The Labute approximate surface area is 106 Å². The van der Waals surface area contributed by atoms with Gasteiger partial charge in [-0.15, -0.1) is 0 Å². The van der Waals surface area contributed by atoms with Gasteiger partial charge < -0.3 is 10.2 Å². The minimum absolute atomic E-state index is 0.594. The molecule has 2 nitrogen and oxygen atoms in total. The number of rotatable bonds is 6. The Bertz CT molecular complexity index is 345. The molecule has 1 aromatic rings. The maximum atomic E-state index is 3.36. The van der Waals surface area contributed by atoms with Crippen LogP contribution in [0.5, 0.6) is 0 Å². The third kappa shape index (κ3) is 4.04. The van der Waals surface area contributed by atoms with Gasteiger partial charge >= 0.3 is 0 Å². The third-order valence-corrected chi connectivity index (χ3v) is 3.19. The van der Waals surface area contributed by atoms with E-state index in [0.29, 0.717) is 5.92 Å². The molecule has 0 aromatic heterocycles. The van der Waals surface area contributed by atoms with E-state index in [-0.39, 0.29) is 0 Å². The average Bonchev–Trinajstić information content (AvgIpc) is 2.29. The van der Waals surface area contributed by atoms with Crippen LogP contribution in [-0.4, -0.2) is 26.7 Å². The second kappa shape index (κ2) is 6.65. The fourth-order valence-corrected chi connectivity index (χ4v) is 1.94. The average molecular weight is 234 g/mol. The van der Waals surface area contributed by atoms with Gasteiger partial charge in [0.15, 0.2) is 0 Å². The number of hydrogen-bond acceptors (Lipinski definition) is 2. The summed E-state index contributed by atoms with van der Waals surface area (Å²) in [7, 11) is 2.17. The molecule has 0 unspecified atom stereocenters. The number of benzene rings is 1. The molecule has 17 heavy (non-hydrogen) atoms. The van der Waals surface area contributed by atoms with Crippen molar-refractivity contribution in [3.63, 3.8) is 0 Å². The van der Waals surface area contributed by atoms with Crippen LogP contribution in [0.4, 0.5) is 5.69 Å². The SMILES string of the molecule is CCNCCN(C)c1cc(C(C)C)ccc1C. The molecule has 1 aromatic carbocycles. The Morgan fingerprint density at radius 2 is 2.00 bits per heavy atom. The maximum absolute atomic E-state index is 3.36. The van der Waals surface area contributed by atoms with Crippen molar-refractivity contribution in [2.45, 2.75) is 33.6 Å². The van der Waals surface area contributed by atoms with Gasteiger partial charge in [0.1, 0.15) is 0 Å². The van der Waals surface area contributed by atoms with Gasteiger partial charge in [-0.2, -0.15) is 0 Å². The largest absolute Gasteiger partial charge is 0.373 e. The molecular formula is C15H26N2. The Morgan fingerprint density at radius 1 is 1.29 bits per heavy atom. The van der Waals surface area contributed by atoms with Crippen molar-refractivity contribution in [3.05, 3.63) is 29.3 Å². The minimum atomic E-state index is 0.594. The summed E-state index contributed by atoms with van der Waals surface area (Å²) < 4.78 is 0. The smallest absolute Gasteiger partial charge is 0.0396 e. The van der Waals surface area contributed by atoms with E-state index in [1.165, 1.54) is 16.8 Å². The molecular weight excluding hydrogens is 208 g/mol. The van der Waals surface area contributed by atoms with Gasteiger partial charge in [-0.25, -0.2) is 0 Å². The predicted octanol–water partition coefficient (Wildman–Crippen LogP) is 3.16. The highest BCUT2D eigenvalue weighted by molar-refractivity contribution is 5.55. The van der Waals surface area contributed by atoms with Gasteiger partial charge in [0.2, 0.25) is 0 Å². The number of likely N-dealkylation sites (N-methyl/N-ethyl adjacent to an activating group) is 2. The summed E-state index contributed by atoms with van der Waals surface area (Å²) in [6.07, 6.45) is 0. The summed E-state index contributed by atoms with van der Waals surface area (Å²) in [6, 6.07) is 6.79. The van der Waals surface area contributed by atoms with Crippen molar-refractivity contribution < 1.29 is 0 Å². The normalized spacial score (nSPS) is 10.9. The molecule has 0 aliphatic heterocycles. The van der Waals surface area contributed by atoms with E-state index >= 15 is 0 Å². The molecule has 1 rings (SSSR count). The van der Waals surface area contributed by atoms with Crippen LogP contribution in [0.15, 0.2) is 18.2 Å². The summed E-state index contributed by atoms with van der Waals surface area (Å²) in [5.41, 5.74) is 4.13. The molecule has 0 saturated carbocycles. The fourth-order valence-electron chi connectivity index (χ4n) is 1.94. The number of nitrogens with one attached hydrogen (secondary N) is 1. The van der Waals surface area contributed by atoms with E-state index in [4.69, 9.17) is 0 Å². The van der Waals surface area contributed by atoms with Crippen LogP contribution in [0.25, 0.3) is 0 Å². The van der Waals surface area contributed by atoms with Crippen molar-refractivity contribution in [2.75, 3.05) is 31.6 Å². The Kier molecular flexibility index (Phi) is 5.49. The molecule has 1 N–H and O–H groups in total. The lowest BCUT2D eigenvalue weighted by molar-refractivity contribution is 0.705. The molecule has 0 atom stereocenters. The second-order valence-electron chi connectivity index (χ2n) is 4.98. The summed E-state index contributed by atoms with van der Waals surface area (Å²) >= 11 is 0. The molecule has 0 heterocycles. The fraction of sp³-hybridized carbons (Fsp3) is 0.600. The standard InChI is InChI=1S/C15H26N2/c1-6-16-9-10-17(5)15-11-14(12(2)3)8-7-13(15)4/h7-8,11-12,16H,6,9-10H2,1-5H3. The van der Waals surface area contributed by atoms with Gasteiger partial charge in [0.05, 0.1) is 0 Å². The summed E-state index contributed by atoms with van der Waals surface area (Å²) in [5.74, 6) is 0.594. The van der Waals surface area contributed by atoms with Crippen molar-refractivity contribution in [3.8, 4) is 0 Å². The molecule has 0 radical (unpaired) electrons. The lowest BCUT2D eigenvalue weighted by Crippen LogP contribution is -2.29. The van der Waals surface area contributed by atoms with E-state index in [9.17, 15) is 0 Å². The van der Waals surface area contributed by atoms with Gasteiger partial charge in [0.25, 0.3) is 0 Å². The molecule has 0 amide bonds. The topological polar surface area (TPSA) is 15.3 Å². The van der Waals surface area contributed by atoms with Gasteiger partial charge in [0, 0.05) is 25.8 Å². The van der Waals surface area contributed by atoms with Crippen molar-refractivity contribution >= 4 is 5.69 Å². The predicted molar refractivity (Wildman–Crippen MR) is 77.1 cm³/mol. The molecule has 0 saturated heterocycles. The van der Waals surface area contributed by atoms with Crippen LogP contribution in [0.2, 0.25) is 0 Å². The highest BCUT2D eigenvalue weighted by Crippen LogP contribution is 2.24. The molecule has 0 bridgehead atoms. The Balaban J connectivity index is 2.77. The highest BCUT2D eigenvalue weighted by Gasteiger charge is 2.07. The van der Waals surface area contributed by atoms with Crippen molar-refractivity contribution in [1.82, 2.24) is 5.32 Å². The quantitative estimate of drug-likeness (QED) is 0.761. The first kappa shape index (κ1) is 14.0. The van der Waals surface area contributed by atoms with Gasteiger partial charge in [-0.3, -0.25) is 0 Å². The van der Waals surface area contributed by atoms with E-state index in [2.05, 4.69) is 63.2 Å². The summed E-state index contributed by atoms with van der Waals surface area (Å²) in [5, 5.41) is 3.36. The van der Waals surface area contributed by atoms with Crippen molar-refractivity contribution in [2.24, 2.45) is 0 Å². The maximum Gasteiger partial charge on any atom is 0.0396 e. The van der Waals surface area contributed by atoms with Gasteiger partial charge in [-0.05, 0) is 36.6 Å². The zero-order valence-electron chi connectivity index (χ0n) is 11.9. The number of nitrogens with zero attached hydrogens (tertiary/aromatic N) is 1. The first-order valence-corrected chi connectivity index (χ1v) is 6.58. The first-order valence-electron chi connectivity index (χ1n) is 6.58. The molecule has 0 spiro atoms. The van der Waals surface area contributed by atoms with Crippen molar-refractivity contribution in [1.29, 1.82) is 0 Å². The zero-order valence-corrected chi connectivity index (χ0v) is 11.9. The Hall–Kier alpha value is -1.02. The van der Waals surface area contributed by atoms with Gasteiger partial charge in [-0.1, -0.05) is 32.9 Å². The molecule has 0 aliphatic carbocycles. The van der Waals surface area contributed by atoms with E-state index in [1.54, 1.807) is 0 Å². The van der Waals surface area contributed by atoms with Crippen LogP contribution in [0.3, 0.4) is 0 Å². The van der Waals surface area contributed by atoms with Crippen LogP contribution in [0, 0.1) is 6.92 Å². The second-order valence-corrected chi connectivity index (χ2v) is 4.98. The number of hydrogen-bond donors (Lipinski definition) is 1. The van der Waals surface area contributed by atoms with E-state index in [0.717, 1.165) is 19.6 Å². The first-order chi connectivity index (χ1) is 8.06. The van der Waals surface area contributed by atoms with Crippen LogP contribution < -0.4 is 10.2 Å². The monoisotopic (exact) mass is 234 g/mol. The molecule has 0 aliphatic rings. The summed E-state index contributed by atoms with van der Waals surface area (Å²) in [4.78, 5) is 2.34. The minimum Gasteiger partial charge on any atom is -0.373 e. The van der Waals surface area contributed by atoms with Crippen LogP contribution >= 0.6 is 0 Å². The van der Waals surface area contributed by atoms with Crippen LogP contribution in [-0.2, 0) is 0 Å². The highest BCUT2D eigenvalue weighted by atomic mass is 15.1. The van der Waals surface area contributed by atoms with E-state index in [1.807, 2.05) is 0 Å². The molecule has 96 valence electrons. The van der Waals surface area contributed by atoms with E-state index < -0.39 is 0 Å². The molecule has 2 heteroatoms. The lowest BCUT2D eigenvalue weighted by atomic mass is 10.0. The zero-order chi connectivity index (χ0) is 12.8. The third-order valence-electron chi connectivity index (χ3n) is 3.19. The lowest BCUT2D eigenvalue weighted by Gasteiger charge is -2.23. The Morgan fingerprint density at radius 3 is 2.59 bits per heavy atom. The number of anilines is 1. The molecule has 0 fully saturated rings.